The molecule has 0 spiro atoms. The van der Waals surface area contributed by atoms with Gasteiger partial charge in [-0.05, 0) is 0 Å². The Labute approximate surface area is 85.3 Å². The molecule has 2 nitrogen and oxygen atoms in total. The Morgan fingerprint density at radius 1 is 1.23 bits per heavy atom. The zero-order valence-electron chi connectivity index (χ0n) is 7.52. The highest BCUT2D eigenvalue weighted by molar-refractivity contribution is 7.21. The minimum Gasteiger partial charge on any atom is -0.252 e. The molecule has 2 rings (SSSR count). The Balaban J connectivity index is 2.33. The minimum atomic E-state index is 0.520. The Morgan fingerprint density at radius 2 is 2.08 bits per heavy atom. The van der Waals surface area contributed by atoms with Gasteiger partial charge < -0.3 is 0 Å². The lowest BCUT2D eigenvalue weighted by atomic mass is 10.2. The van der Waals surface area contributed by atoms with Gasteiger partial charge in [0, 0.05) is 18.3 Å². The predicted octanol–water partition coefficient (Wildman–Crippen LogP) is 3.39. The van der Waals surface area contributed by atoms with E-state index in [-0.39, 0.29) is 0 Å². The highest BCUT2D eigenvalue weighted by Gasteiger charge is 2.07. The third kappa shape index (κ3) is 1.78. The maximum atomic E-state index is 4.37. The van der Waals surface area contributed by atoms with Gasteiger partial charge in [0.2, 0.25) is 0 Å². The molecule has 0 aliphatic heterocycles. The summed E-state index contributed by atoms with van der Waals surface area (Å²) in [5.41, 5.74) is 1.85. The van der Waals surface area contributed by atoms with E-state index >= 15 is 0 Å². The average molecular weight is 210 g/mol. The maximum Gasteiger partial charge on any atom is 0.0956 e. The third-order valence-corrected chi connectivity index (χ3v) is 3.96. The Bertz CT molecular complexity index is 376. The van der Waals surface area contributed by atoms with E-state index in [0.717, 1.165) is 0 Å². The lowest BCUT2D eigenvalue weighted by molar-refractivity contribution is 0.852. The third-order valence-electron chi connectivity index (χ3n) is 1.69. The van der Waals surface area contributed by atoms with Crippen molar-refractivity contribution in [2.45, 2.75) is 19.8 Å². The van der Waals surface area contributed by atoms with Gasteiger partial charge in [-0.15, -0.1) is 22.7 Å². The fourth-order valence-electron chi connectivity index (χ4n) is 1.01. The Kier molecular flexibility index (Phi) is 2.42. The molecule has 2 aromatic heterocycles. The SMILES string of the molecule is CC(C)c1ncc(-c2cncs2)s1. The van der Waals surface area contributed by atoms with Crippen molar-refractivity contribution in [1.29, 1.82) is 0 Å². The van der Waals surface area contributed by atoms with Crippen LogP contribution in [0.25, 0.3) is 9.75 Å². The van der Waals surface area contributed by atoms with Gasteiger partial charge in [0.25, 0.3) is 0 Å². The largest absolute Gasteiger partial charge is 0.252 e. The standard InChI is InChI=1S/C9H10N2S2/c1-6(2)9-11-4-8(13-9)7-3-10-5-12-7/h3-6H,1-2H3. The van der Waals surface area contributed by atoms with E-state index in [2.05, 4.69) is 23.8 Å². The van der Waals surface area contributed by atoms with Gasteiger partial charge in [0.1, 0.15) is 0 Å². The van der Waals surface area contributed by atoms with Gasteiger partial charge in [-0.3, -0.25) is 4.98 Å². The molecule has 0 radical (unpaired) electrons. The molecule has 0 N–H and O–H groups in total. The second-order valence-corrected chi connectivity index (χ2v) is 5.03. The summed E-state index contributed by atoms with van der Waals surface area (Å²) >= 11 is 3.42. The number of hydrogen-bond acceptors (Lipinski definition) is 4. The van der Waals surface area contributed by atoms with Gasteiger partial charge in [0.05, 0.1) is 20.3 Å². The topological polar surface area (TPSA) is 25.8 Å². The quantitative estimate of drug-likeness (QED) is 0.759. The molecule has 0 amide bonds. The number of hydrogen-bond donors (Lipinski definition) is 0. The summed E-state index contributed by atoms with van der Waals surface area (Å²) in [6.45, 7) is 4.32. The molecule has 0 aliphatic carbocycles. The van der Waals surface area contributed by atoms with Crippen LogP contribution in [-0.2, 0) is 0 Å². The van der Waals surface area contributed by atoms with E-state index in [0.29, 0.717) is 5.92 Å². The summed E-state index contributed by atoms with van der Waals surface area (Å²) in [6, 6.07) is 0. The Hall–Kier alpha value is -0.740. The maximum absolute atomic E-state index is 4.37. The number of nitrogens with zero attached hydrogens (tertiary/aromatic N) is 2. The molecule has 0 saturated heterocycles. The number of thiazole rings is 2. The van der Waals surface area contributed by atoms with E-state index in [1.165, 1.54) is 14.8 Å². The fraction of sp³-hybridized carbons (Fsp3) is 0.333. The molecule has 0 fully saturated rings. The van der Waals surface area contributed by atoms with Crippen LogP contribution in [0.3, 0.4) is 0 Å². The van der Waals surface area contributed by atoms with Crippen LogP contribution in [-0.4, -0.2) is 9.97 Å². The van der Waals surface area contributed by atoms with Crippen molar-refractivity contribution in [3.63, 3.8) is 0 Å². The molecule has 0 unspecified atom stereocenters. The van der Waals surface area contributed by atoms with Gasteiger partial charge in [0.15, 0.2) is 0 Å². The first kappa shape index (κ1) is 8.84. The molecule has 0 bridgehead atoms. The first-order valence-electron chi connectivity index (χ1n) is 4.12. The van der Waals surface area contributed by atoms with Gasteiger partial charge in [-0.25, -0.2) is 4.98 Å². The molecule has 2 heterocycles. The van der Waals surface area contributed by atoms with Crippen molar-refractivity contribution >= 4 is 22.7 Å². The van der Waals surface area contributed by atoms with Crippen molar-refractivity contribution in [2.75, 3.05) is 0 Å². The average Bonchev–Trinajstić information content (AvgIpc) is 2.75. The van der Waals surface area contributed by atoms with E-state index in [1.807, 2.05) is 17.9 Å². The molecule has 0 atom stereocenters. The molecule has 2 aromatic rings. The van der Waals surface area contributed by atoms with Gasteiger partial charge in [-0.1, -0.05) is 13.8 Å². The molecule has 0 aromatic carbocycles. The normalized spacial score (nSPS) is 11.0. The first-order chi connectivity index (χ1) is 6.27. The predicted molar refractivity (Wildman–Crippen MR) is 57.3 cm³/mol. The zero-order valence-corrected chi connectivity index (χ0v) is 9.15. The van der Waals surface area contributed by atoms with E-state index in [1.54, 1.807) is 22.7 Å². The van der Waals surface area contributed by atoms with Crippen molar-refractivity contribution < 1.29 is 0 Å². The smallest absolute Gasteiger partial charge is 0.0956 e. The fourth-order valence-corrected chi connectivity index (χ4v) is 2.63. The molecule has 68 valence electrons. The number of aromatic nitrogens is 2. The van der Waals surface area contributed by atoms with E-state index in [9.17, 15) is 0 Å². The van der Waals surface area contributed by atoms with E-state index < -0.39 is 0 Å². The molecule has 0 saturated carbocycles. The summed E-state index contributed by atoms with van der Waals surface area (Å²) in [4.78, 5) is 10.9. The van der Waals surface area contributed by atoms with Crippen molar-refractivity contribution in [1.82, 2.24) is 9.97 Å². The van der Waals surface area contributed by atoms with Crippen LogP contribution in [0.4, 0.5) is 0 Å². The van der Waals surface area contributed by atoms with E-state index in [4.69, 9.17) is 0 Å². The van der Waals surface area contributed by atoms with Crippen molar-refractivity contribution in [2.24, 2.45) is 0 Å². The zero-order chi connectivity index (χ0) is 9.26. The summed E-state index contributed by atoms with van der Waals surface area (Å²) in [5.74, 6) is 0.520. The minimum absolute atomic E-state index is 0.520. The first-order valence-corrected chi connectivity index (χ1v) is 5.81. The summed E-state index contributed by atoms with van der Waals surface area (Å²) in [6.07, 6.45) is 3.83. The van der Waals surface area contributed by atoms with Crippen LogP contribution in [0, 0.1) is 0 Å². The van der Waals surface area contributed by atoms with Crippen molar-refractivity contribution in [3.8, 4) is 9.75 Å². The molecule has 13 heavy (non-hydrogen) atoms. The van der Waals surface area contributed by atoms with Crippen LogP contribution in [0.1, 0.15) is 24.8 Å². The Morgan fingerprint density at radius 3 is 2.62 bits per heavy atom. The molecule has 4 heteroatoms. The highest BCUT2D eigenvalue weighted by atomic mass is 32.1. The van der Waals surface area contributed by atoms with Crippen LogP contribution < -0.4 is 0 Å². The monoisotopic (exact) mass is 210 g/mol. The van der Waals surface area contributed by atoms with Crippen LogP contribution in [0.15, 0.2) is 17.9 Å². The molecular formula is C9H10N2S2. The van der Waals surface area contributed by atoms with Crippen LogP contribution in [0.2, 0.25) is 0 Å². The number of rotatable bonds is 2. The molecule has 0 aliphatic rings. The van der Waals surface area contributed by atoms with Gasteiger partial charge >= 0.3 is 0 Å². The summed E-state index contributed by atoms with van der Waals surface area (Å²) in [5, 5.41) is 1.20. The van der Waals surface area contributed by atoms with Crippen LogP contribution in [0.5, 0.6) is 0 Å². The summed E-state index contributed by atoms with van der Waals surface area (Å²) < 4.78 is 0. The highest BCUT2D eigenvalue weighted by Crippen LogP contribution is 2.31. The van der Waals surface area contributed by atoms with Crippen molar-refractivity contribution in [3.05, 3.63) is 22.9 Å². The van der Waals surface area contributed by atoms with Gasteiger partial charge in [-0.2, -0.15) is 0 Å². The summed E-state index contributed by atoms with van der Waals surface area (Å²) in [7, 11) is 0. The second-order valence-electron chi connectivity index (χ2n) is 3.08. The lowest BCUT2D eigenvalue weighted by Gasteiger charge is -1.94. The van der Waals surface area contributed by atoms with Crippen LogP contribution >= 0.6 is 22.7 Å². The molecular weight excluding hydrogens is 200 g/mol. The lowest BCUT2D eigenvalue weighted by Crippen LogP contribution is -1.81. The second kappa shape index (κ2) is 3.55.